The molecular weight excluding hydrogens is 402 g/mol. The summed E-state index contributed by atoms with van der Waals surface area (Å²) in [4.78, 5) is 34.5. The molecule has 0 aliphatic carbocycles. The second-order valence-corrected chi connectivity index (χ2v) is 8.67. The van der Waals surface area contributed by atoms with Crippen LogP contribution in [0.3, 0.4) is 0 Å². The maximum atomic E-state index is 12.0. The molecule has 30 heavy (non-hydrogen) atoms. The lowest BCUT2D eigenvalue weighted by atomic mass is 9.97. The number of primary amides is 1. The van der Waals surface area contributed by atoms with E-state index in [9.17, 15) is 14.7 Å². The third-order valence-corrected chi connectivity index (χ3v) is 5.90. The van der Waals surface area contributed by atoms with Crippen LogP contribution in [-0.4, -0.2) is 38.8 Å². The van der Waals surface area contributed by atoms with E-state index >= 15 is 0 Å². The zero-order chi connectivity index (χ0) is 21.6. The van der Waals surface area contributed by atoms with Gasteiger partial charge in [-0.1, -0.05) is 35.6 Å². The second-order valence-electron chi connectivity index (χ2n) is 7.67. The van der Waals surface area contributed by atoms with Gasteiger partial charge < -0.3 is 21.1 Å². The van der Waals surface area contributed by atoms with E-state index in [1.807, 2.05) is 24.3 Å². The van der Waals surface area contributed by atoms with Gasteiger partial charge in [-0.2, -0.15) is 0 Å². The number of amides is 2. The van der Waals surface area contributed by atoms with Crippen molar-refractivity contribution in [1.29, 1.82) is 0 Å². The molecule has 4 rings (SSSR count). The van der Waals surface area contributed by atoms with Crippen molar-refractivity contribution in [3.63, 3.8) is 0 Å². The predicted molar refractivity (Wildman–Crippen MR) is 115 cm³/mol. The van der Waals surface area contributed by atoms with E-state index in [-0.39, 0.29) is 11.6 Å². The number of carbonyl (C=O) groups is 2. The minimum Gasteiger partial charge on any atom is -0.386 e. The number of hydrogen-bond donors (Lipinski definition) is 3. The molecule has 3 heterocycles. The van der Waals surface area contributed by atoms with Gasteiger partial charge in [0, 0.05) is 12.6 Å². The van der Waals surface area contributed by atoms with Crippen molar-refractivity contribution in [1.82, 2.24) is 14.9 Å². The summed E-state index contributed by atoms with van der Waals surface area (Å²) < 4.78 is 0. The van der Waals surface area contributed by atoms with Crippen LogP contribution in [0.4, 0.5) is 10.8 Å². The molecule has 0 saturated carbocycles. The molecule has 1 aliphatic heterocycles. The number of carbonyl (C=O) groups excluding carboxylic acids is 2. The Bertz CT molecular complexity index is 1150. The number of hydrogen-bond acceptors (Lipinski definition) is 7. The molecular formula is C21H21N5O3S. The molecule has 2 aromatic heterocycles. The van der Waals surface area contributed by atoms with Gasteiger partial charge in [-0.3, -0.25) is 9.59 Å². The molecule has 1 aromatic carbocycles. The number of anilines is 2. The van der Waals surface area contributed by atoms with Crippen LogP contribution in [0, 0.1) is 0 Å². The van der Waals surface area contributed by atoms with Crippen molar-refractivity contribution in [2.75, 3.05) is 12.4 Å². The summed E-state index contributed by atoms with van der Waals surface area (Å²) in [6, 6.07) is 10.7. The van der Waals surface area contributed by atoms with Gasteiger partial charge in [-0.05, 0) is 31.5 Å². The molecule has 0 fully saturated rings. The zero-order valence-electron chi connectivity index (χ0n) is 16.8. The van der Waals surface area contributed by atoms with Crippen LogP contribution in [0.25, 0.3) is 10.6 Å². The maximum Gasteiger partial charge on any atom is 0.270 e. The zero-order valence-corrected chi connectivity index (χ0v) is 17.6. The van der Waals surface area contributed by atoms with Crippen LogP contribution in [0.5, 0.6) is 0 Å². The Hall–Kier alpha value is -3.30. The van der Waals surface area contributed by atoms with Gasteiger partial charge in [-0.15, -0.1) is 0 Å². The molecule has 0 spiro atoms. The topological polar surface area (TPSA) is 121 Å². The lowest BCUT2D eigenvalue weighted by Gasteiger charge is -2.17. The van der Waals surface area contributed by atoms with Crippen LogP contribution < -0.4 is 11.1 Å². The summed E-state index contributed by atoms with van der Waals surface area (Å²) in [5.74, 6) is -0.201. The van der Waals surface area contributed by atoms with Crippen molar-refractivity contribution < 1.29 is 14.7 Å². The van der Waals surface area contributed by atoms with Crippen LogP contribution in [-0.2, 0) is 12.1 Å². The first-order valence-corrected chi connectivity index (χ1v) is 10.1. The molecule has 0 radical (unpaired) electrons. The average molecular weight is 423 g/mol. The number of benzene rings is 1. The van der Waals surface area contributed by atoms with Gasteiger partial charge in [0.1, 0.15) is 15.8 Å². The third kappa shape index (κ3) is 3.64. The Balaban J connectivity index is 1.65. The van der Waals surface area contributed by atoms with Gasteiger partial charge in [0.15, 0.2) is 5.69 Å². The van der Waals surface area contributed by atoms with E-state index in [1.165, 1.54) is 11.3 Å². The highest BCUT2D eigenvalue weighted by molar-refractivity contribution is 7.19. The molecule has 3 aromatic rings. The highest BCUT2D eigenvalue weighted by atomic mass is 32.1. The number of thiazole rings is 1. The van der Waals surface area contributed by atoms with Gasteiger partial charge in [0.2, 0.25) is 0 Å². The van der Waals surface area contributed by atoms with Gasteiger partial charge in [0.25, 0.3) is 11.8 Å². The van der Waals surface area contributed by atoms with Crippen LogP contribution in [0.1, 0.15) is 46.0 Å². The monoisotopic (exact) mass is 423 g/mol. The fourth-order valence-corrected chi connectivity index (χ4v) is 4.20. The van der Waals surface area contributed by atoms with Crippen LogP contribution >= 0.6 is 11.3 Å². The SMILES string of the molecule is CN1Cc2nc(Nc3sc(-c4ccc(C(C)(C)O)cc4)nc3C(N)=O)ccc2C1=O. The van der Waals surface area contributed by atoms with Crippen molar-refractivity contribution in [2.24, 2.45) is 5.73 Å². The summed E-state index contributed by atoms with van der Waals surface area (Å²) in [7, 11) is 1.72. The highest BCUT2D eigenvalue weighted by Crippen LogP contribution is 2.35. The van der Waals surface area contributed by atoms with Gasteiger partial charge in [0.05, 0.1) is 23.4 Å². The maximum absolute atomic E-state index is 12.0. The van der Waals surface area contributed by atoms with Crippen molar-refractivity contribution in [2.45, 2.75) is 26.0 Å². The van der Waals surface area contributed by atoms with E-state index in [4.69, 9.17) is 5.73 Å². The fraction of sp³-hybridized carbons (Fsp3) is 0.238. The average Bonchev–Trinajstić information content (AvgIpc) is 3.22. The number of nitrogens with one attached hydrogen (secondary N) is 1. The fourth-order valence-electron chi connectivity index (χ4n) is 3.22. The summed E-state index contributed by atoms with van der Waals surface area (Å²) in [6.45, 7) is 3.87. The predicted octanol–water partition coefficient (Wildman–Crippen LogP) is 2.86. The summed E-state index contributed by atoms with van der Waals surface area (Å²) >= 11 is 1.28. The van der Waals surface area contributed by atoms with Crippen LogP contribution in [0.2, 0.25) is 0 Å². The Morgan fingerprint density at radius 1 is 1.20 bits per heavy atom. The molecule has 9 heteroatoms. The van der Waals surface area contributed by atoms with E-state index in [1.54, 1.807) is 37.9 Å². The molecule has 0 saturated heterocycles. The number of aliphatic hydroxyl groups is 1. The molecule has 154 valence electrons. The lowest BCUT2D eigenvalue weighted by Crippen LogP contribution is -2.17. The number of rotatable bonds is 5. The summed E-state index contributed by atoms with van der Waals surface area (Å²) in [5, 5.41) is 14.3. The molecule has 2 amide bonds. The number of nitrogens with two attached hydrogens (primary N) is 1. The lowest BCUT2D eigenvalue weighted by molar-refractivity contribution is 0.0785. The molecule has 1 aliphatic rings. The molecule has 0 unspecified atom stereocenters. The summed E-state index contributed by atoms with van der Waals surface area (Å²) in [6.07, 6.45) is 0. The summed E-state index contributed by atoms with van der Waals surface area (Å²) in [5.41, 5.74) is 7.55. The third-order valence-electron chi connectivity index (χ3n) is 4.88. The second kappa shape index (κ2) is 7.19. The molecule has 0 bridgehead atoms. The Kier molecular flexibility index (Phi) is 4.79. The molecule has 8 nitrogen and oxygen atoms in total. The Morgan fingerprint density at radius 3 is 2.53 bits per heavy atom. The quantitative estimate of drug-likeness (QED) is 0.580. The Morgan fingerprint density at radius 2 is 1.90 bits per heavy atom. The minimum absolute atomic E-state index is 0.0588. The van der Waals surface area contributed by atoms with Gasteiger partial charge in [-0.25, -0.2) is 9.97 Å². The standard InChI is InChI=1S/C21H21N5O3S/c1-21(2,29)12-6-4-11(5-7-12)18-25-16(17(22)27)19(30-18)24-15-9-8-13-14(23-15)10-26(3)20(13)28/h4-9,29H,10H2,1-3H3,(H2,22,27)(H,23,24). The number of nitrogens with zero attached hydrogens (tertiary/aromatic N) is 3. The van der Waals surface area contributed by atoms with Crippen molar-refractivity contribution >= 4 is 34.0 Å². The Labute approximate surface area is 177 Å². The van der Waals surface area contributed by atoms with Crippen LogP contribution in [0.15, 0.2) is 36.4 Å². The molecule has 0 atom stereocenters. The van der Waals surface area contributed by atoms with E-state index < -0.39 is 11.5 Å². The normalized spacial score (nSPS) is 13.5. The first kappa shape index (κ1) is 20.0. The van der Waals surface area contributed by atoms with Gasteiger partial charge >= 0.3 is 0 Å². The van der Waals surface area contributed by atoms with E-state index in [0.29, 0.717) is 33.6 Å². The van der Waals surface area contributed by atoms with Crippen molar-refractivity contribution in [3.05, 3.63) is 58.9 Å². The first-order valence-electron chi connectivity index (χ1n) is 9.30. The molecule has 4 N–H and O–H groups in total. The largest absolute Gasteiger partial charge is 0.386 e. The number of pyridine rings is 1. The highest BCUT2D eigenvalue weighted by Gasteiger charge is 2.26. The number of fused-ring (bicyclic) bond motifs is 1. The minimum atomic E-state index is -0.943. The smallest absolute Gasteiger partial charge is 0.270 e. The number of aromatic nitrogens is 2. The van der Waals surface area contributed by atoms with E-state index in [2.05, 4.69) is 15.3 Å². The first-order chi connectivity index (χ1) is 14.1. The van der Waals surface area contributed by atoms with Crippen molar-refractivity contribution in [3.8, 4) is 10.6 Å². The van der Waals surface area contributed by atoms with E-state index in [0.717, 1.165) is 11.1 Å².